The number of anilines is 3. The number of nitrogens with zero attached hydrogens (tertiary/aromatic N) is 2. The number of oxazole rings is 1. The minimum Gasteiger partial charge on any atom is -0.436 e. The summed E-state index contributed by atoms with van der Waals surface area (Å²) in [7, 11) is 0. The maximum atomic E-state index is 6.33. The molecule has 14 rings (SSSR count). The minimum absolute atomic E-state index is 0.622. The molecule has 74 heavy (non-hydrogen) atoms. The summed E-state index contributed by atoms with van der Waals surface area (Å²) in [5.41, 5.74) is 17.6. The number of hydrogen-bond acceptors (Lipinski definition) is 3. The summed E-state index contributed by atoms with van der Waals surface area (Å²) >= 11 is 0. The molecule has 1 heterocycles. The quantitative estimate of drug-likeness (QED) is 0.144. The molecular weight excluding hydrogens is 897 g/mol. The summed E-state index contributed by atoms with van der Waals surface area (Å²) in [5.74, 6) is 0.622. The second-order valence-corrected chi connectivity index (χ2v) is 19.1. The molecule has 0 radical (unpaired) electrons. The van der Waals surface area contributed by atoms with Crippen LogP contribution in [0.25, 0.3) is 121 Å². The standard InChI is InChI=1S/C71H46N2O/c1-2-14-47(15-3-1)48-32-36-53(37-33-48)71-72-70-65-40-38-54(44-57(65)39-43-69(70)74-71)49-30-34-52(35-31-49)64-41-42-68(67-27-9-8-26-66(64)67)73(58-22-10-20-55(45-58)62-28-12-18-50-16-4-6-24-60(50)62)59-23-11-21-56(46-59)63-29-13-19-51-17-5-7-25-61(51)63/h1-46H. The Bertz CT molecular complexity index is 4290. The summed E-state index contributed by atoms with van der Waals surface area (Å²) in [5, 5.41) is 9.48. The van der Waals surface area contributed by atoms with Gasteiger partial charge in [0.25, 0.3) is 0 Å². The van der Waals surface area contributed by atoms with Gasteiger partial charge in [0, 0.05) is 27.7 Å². The molecule has 0 spiro atoms. The largest absolute Gasteiger partial charge is 0.436 e. The minimum atomic E-state index is 0.622. The number of aromatic nitrogens is 1. The van der Waals surface area contributed by atoms with Gasteiger partial charge in [0.1, 0.15) is 5.52 Å². The predicted molar refractivity (Wildman–Crippen MR) is 311 cm³/mol. The van der Waals surface area contributed by atoms with E-state index in [1.54, 1.807) is 0 Å². The van der Waals surface area contributed by atoms with E-state index >= 15 is 0 Å². The summed E-state index contributed by atoms with van der Waals surface area (Å²) < 4.78 is 6.33. The third-order valence-corrected chi connectivity index (χ3v) is 14.7. The van der Waals surface area contributed by atoms with Gasteiger partial charge >= 0.3 is 0 Å². The molecule has 346 valence electrons. The van der Waals surface area contributed by atoms with Crippen molar-refractivity contribution in [3.63, 3.8) is 0 Å². The third kappa shape index (κ3) is 7.67. The second-order valence-electron chi connectivity index (χ2n) is 19.1. The van der Waals surface area contributed by atoms with Crippen LogP contribution < -0.4 is 4.90 Å². The van der Waals surface area contributed by atoms with Crippen molar-refractivity contribution in [2.24, 2.45) is 0 Å². The zero-order chi connectivity index (χ0) is 49.0. The van der Waals surface area contributed by atoms with E-state index < -0.39 is 0 Å². The van der Waals surface area contributed by atoms with Crippen molar-refractivity contribution >= 4 is 71.3 Å². The Morgan fingerprint density at radius 2 is 0.757 bits per heavy atom. The number of benzene rings is 13. The maximum absolute atomic E-state index is 6.33. The Morgan fingerprint density at radius 1 is 0.270 bits per heavy atom. The fraction of sp³-hybridized carbons (Fsp3) is 0. The average Bonchev–Trinajstić information content (AvgIpc) is 3.93. The van der Waals surface area contributed by atoms with E-state index in [2.05, 4.69) is 272 Å². The Hall–Kier alpha value is -9.83. The van der Waals surface area contributed by atoms with Crippen LogP contribution in [-0.2, 0) is 0 Å². The van der Waals surface area contributed by atoms with Gasteiger partial charge in [-0.05, 0) is 143 Å². The highest BCUT2D eigenvalue weighted by Gasteiger charge is 2.20. The van der Waals surface area contributed by atoms with Crippen LogP contribution in [0.4, 0.5) is 17.1 Å². The van der Waals surface area contributed by atoms with Gasteiger partial charge in [0.15, 0.2) is 5.58 Å². The van der Waals surface area contributed by atoms with E-state index in [4.69, 9.17) is 9.40 Å². The van der Waals surface area contributed by atoms with Crippen LogP contribution in [-0.4, -0.2) is 4.98 Å². The topological polar surface area (TPSA) is 29.3 Å². The molecule has 14 aromatic rings. The summed E-state index contributed by atoms with van der Waals surface area (Å²) in [6.07, 6.45) is 0. The SMILES string of the molecule is c1ccc(-c2ccc(-c3nc4c(ccc5cc(-c6ccc(-c7ccc(N(c8cccc(-c9cccc%10ccccc9%10)c8)c8cccc(-c9cccc%10ccccc9%10)c8)c8ccccc78)cc6)ccc54)o3)cc2)cc1. The van der Waals surface area contributed by atoms with E-state index in [1.807, 2.05) is 12.1 Å². The summed E-state index contributed by atoms with van der Waals surface area (Å²) in [6, 6.07) is 101. The van der Waals surface area contributed by atoms with Crippen molar-refractivity contribution in [2.75, 3.05) is 4.90 Å². The van der Waals surface area contributed by atoms with Gasteiger partial charge in [-0.3, -0.25) is 0 Å². The second kappa shape index (κ2) is 18.1. The molecule has 0 saturated carbocycles. The molecule has 0 aliphatic carbocycles. The first-order chi connectivity index (χ1) is 36.7. The number of hydrogen-bond donors (Lipinski definition) is 0. The average molecular weight is 943 g/mol. The van der Waals surface area contributed by atoms with Crippen LogP contribution in [0.3, 0.4) is 0 Å². The smallest absolute Gasteiger partial charge is 0.227 e. The fourth-order valence-electron chi connectivity index (χ4n) is 11.0. The third-order valence-electron chi connectivity index (χ3n) is 14.7. The summed E-state index contributed by atoms with van der Waals surface area (Å²) in [6.45, 7) is 0. The van der Waals surface area contributed by atoms with Gasteiger partial charge < -0.3 is 9.32 Å². The van der Waals surface area contributed by atoms with Crippen molar-refractivity contribution in [1.82, 2.24) is 4.98 Å². The highest BCUT2D eigenvalue weighted by atomic mass is 16.3. The van der Waals surface area contributed by atoms with Crippen molar-refractivity contribution in [1.29, 1.82) is 0 Å². The summed E-state index contributed by atoms with van der Waals surface area (Å²) in [4.78, 5) is 7.46. The molecule has 0 atom stereocenters. The Kier molecular flexibility index (Phi) is 10.5. The van der Waals surface area contributed by atoms with Gasteiger partial charge in [0.2, 0.25) is 5.89 Å². The van der Waals surface area contributed by atoms with E-state index in [9.17, 15) is 0 Å². The van der Waals surface area contributed by atoms with Gasteiger partial charge in [0.05, 0.1) is 5.69 Å². The lowest BCUT2D eigenvalue weighted by atomic mass is 9.93. The van der Waals surface area contributed by atoms with Crippen molar-refractivity contribution in [3.05, 3.63) is 279 Å². The normalized spacial score (nSPS) is 11.5. The number of fused-ring (bicyclic) bond motifs is 6. The van der Waals surface area contributed by atoms with Gasteiger partial charge in [-0.2, -0.15) is 0 Å². The molecule has 3 nitrogen and oxygen atoms in total. The van der Waals surface area contributed by atoms with Gasteiger partial charge in [-0.25, -0.2) is 4.98 Å². The first-order valence-electron chi connectivity index (χ1n) is 25.3. The van der Waals surface area contributed by atoms with Crippen LogP contribution in [0, 0.1) is 0 Å². The maximum Gasteiger partial charge on any atom is 0.227 e. The van der Waals surface area contributed by atoms with Gasteiger partial charge in [-0.15, -0.1) is 0 Å². The highest BCUT2D eigenvalue weighted by Crippen LogP contribution is 2.45. The number of rotatable bonds is 9. The molecule has 0 amide bonds. The molecule has 3 heteroatoms. The molecular formula is C71H46N2O. The molecule has 0 unspecified atom stereocenters. The molecule has 0 saturated heterocycles. The zero-order valence-corrected chi connectivity index (χ0v) is 40.4. The van der Waals surface area contributed by atoms with Gasteiger partial charge in [-0.1, -0.05) is 224 Å². The van der Waals surface area contributed by atoms with Crippen molar-refractivity contribution in [3.8, 4) is 67.1 Å². The lowest BCUT2D eigenvalue weighted by Gasteiger charge is -2.28. The van der Waals surface area contributed by atoms with Crippen molar-refractivity contribution in [2.45, 2.75) is 0 Å². The molecule has 13 aromatic carbocycles. The van der Waals surface area contributed by atoms with E-state index in [-0.39, 0.29) is 0 Å². The monoisotopic (exact) mass is 942 g/mol. The zero-order valence-electron chi connectivity index (χ0n) is 40.4. The van der Waals surface area contributed by atoms with Crippen LogP contribution in [0.15, 0.2) is 283 Å². The Labute approximate surface area is 429 Å². The predicted octanol–water partition coefficient (Wildman–Crippen LogP) is 19.9. The lowest BCUT2D eigenvalue weighted by molar-refractivity contribution is 0.620. The first kappa shape index (κ1) is 43.0. The lowest BCUT2D eigenvalue weighted by Crippen LogP contribution is -2.11. The highest BCUT2D eigenvalue weighted by molar-refractivity contribution is 6.08. The molecule has 1 aromatic heterocycles. The fourth-order valence-corrected chi connectivity index (χ4v) is 11.0. The molecule has 0 aliphatic heterocycles. The van der Waals surface area contributed by atoms with E-state index in [0.29, 0.717) is 5.89 Å². The van der Waals surface area contributed by atoms with Crippen molar-refractivity contribution < 1.29 is 4.42 Å². The van der Waals surface area contributed by atoms with E-state index in [0.717, 1.165) is 66.8 Å². The Morgan fingerprint density at radius 3 is 1.42 bits per heavy atom. The molecule has 0 N–H and O–H groups in total. The van der Waals surface area contributed by atoms with Crippen LogP contribution in [0.5, 0.6) is 0 Å². The van der Waals surface area contributed by atoms with E-state index in [1.165, 1.54) is 65.7 Å². The van der Waals surface area contributed by atoms with Crippen LogP contribution >= 0.6 is 0 Å². The molecule has 0 bridgehead atoms. The molecule has 0 aliphatic rings. The first-order valence-corrected chi connectivity index (χ1v) is 25.3. The Balaban J connectivity index is 0.825. The van der Waals surface area contributed by atoms with Crippen LogP contribution in [0.2, 0.25) is 0 Å². The molecule has 0 fully saturated rings. The van der Waals surface area contributed by atoms with Crippen LogP contribution in [0.1, 0.15) is 0 Å².